The summed E-state index contributed by atoms with van der Waals surface area (Å²) in [4.78, 5) is 2.15. The third-order valence-electron chi connectivity index (χ3n) is 3.10. The quantitative estimate of drug-likeness (QED) is 0.720. The van der Waals surface area contributed by atoms with Crippen molar-refractivity contribution in [3.05, 3.63) is 0 Å². The Bertz CT molecular complexity index is 208. The first-order chi connectivity index (χ1) is 7.37. The van der Waals surface area contributed by atoms with E-state index >= 15 is 0 Å². The predicted molar refractivity (Wildman–Crippen MR) is 65.3 cm³/mol. The Kier molecular flexibility index (Phi) is 4.73. The SMILES string of the molecule is CN(CC(C)(C)O)CC1(CN)CCCOC1. The number of aliphatic hydroxyl groups is 1. The van der Waals surface area contributed by atoms with Crippen molar-refractivity contribution < 1.29 is 9.84 Å². The maximum Gasteiger partial charge on any atom is 0.0718 e. The van der Waals surface area contributed by atoms with Gasteiger partial charge in [-0.3, -0.25) is 0 Å². The lowest BCUT2D eigenvalue weighted by molar-refractivity contribution is -0.0316. The zero-order valence-electron chi connectivity index (χ0n) is 10.8. The Labute approximate surface area is 98.8 Å². The maximum absolute atomic E-state index is 9.77. The second-order valence-corrected chi connectivity index (χ2v) is 5.84. The molecule has 0 aromatic carbocycles. The molecule has 0 radical (unpaired) electrons. The summed E-state index contributed by atoms with van der Waals surface area (Å²) in [6.07, 6.45) is 2.22. The van der Waals surface area contributed by atoms with Gasteiger partial charge in [-0.25, -0.2) is 0 Å². The van der Waals surface area contributed by atoms with Gasteiger partial charge >= 0.3 is 0 Å². The highest BCUT2D eigenvalue weighted by Crippen LogP contribution is 2.28. The van der Waals surface area contributed by atoms with E-state index in [0.717, 1.165) is 32.6 Å². The van der Waals surface area contributed by atoms with Gasteiger partial charge in [0.2, 0.25) is 0 Å². The van der Waals surface area contributed by atoms with Crippen LogP contribution in [0.2, 0.25) is 0 Å². The number of hydrogen-bond acceptors (Lipinski definition) is 4. The second kappa shape index (κ2) is 5.45. The Morgan fingerprint density at radius 1 is 1.50 bits per heavy atom. The highest BCUT2D eigenvalue weighted by molar-refractivity contribution is 4.86. The standard InChI is InChI=1S/C12H26N2O2/c1-11(2,15)8-14(3)9-12(7-13)5-4-6-16-10-12/h15H,4-10,13H2,1-3H3. The fraction of sp³-hybridized carbons (Fsp3) is 1.00. The van der Waals surface area contributed by atoms with Crippen molar-refractivity contribution >= 4 is 0 Å². The minimum atomic E-state index is -0.653. The molecule has 0 spiro atoms. The van der Waals surface area contributed by atoms with Gasteiger partial charge in [-0.15, -0.1) is 0 Å². The van der Waals surface area contributed by atoms with E-state index in [1.165, 1.54) is 0 Å². The molecule has 0 bridgehead atoms. The predicted octanol–water partition coefficient (Wildman–Crippen LogP) is 0.445. The van der Waals surface area contributed by atoms with E-state index in [1.807, 2.05) is 20.9 Å². The number of hydrogen-bond donors (Lipinski definition) is 2. The normalized spacial score (nSPS) is 27.4. The molecule has 1 fully saturated rings. The number of ether oxygens (including phenoxy) is 1. The van der Waals surface area contributed by atoms with Gasteiger partial charge in [-0.2, -0.15) is 0 Å². The van der Waals surface area contributed by atoms with E-state index in [0.29, 0.717) is 13.1 Å². The fourth-order valence-electron chi connectivity index (χ4n) is 2.55. The average molecular weight is 230 g/mol. The monoisotopic (exact) mass is 230 g/mol. The van der Waals surface area contributed by atoms with E-state index in [-0.39, 0.29) is 5.41 Å². The van der Waals surface area contributed by atoms with E-state index in [1.54, 1.807) is 0 Å². The lowest BCUT2D eigenvalue weighted by Gasteiger charge is -2.40. The Morgan fingerprint density at radius 3 is 2.62 bits per heavy atom. The minimum absolute atomic E-state index is 0.0816. The summed E-state index contributed by atoms with van der Waals surface area (Å²) in [5.74, 6) is 0. The Morgan fingerprint density at radius 2 is 2.19 bits per heavy atom. The number of rotatable bonds is 5. The molecule has 16 heavy (non-hydrogen) atoms. The molecule has 4 heteroatoms. The smallest absolute Gasteiger partial charge is 0.0718 e. The number of nitrogens with zero attached hydrogens (tertiary/aromatic N) is 1. The van der Waals surface area contributed by atoms with Gasteiger partial charge in [-0.1, -0.05) is 0 Å². The van der Waals surface area contributed by atoms with Gasteiger partial charge in [0.1, 0.15) is 0 Å². The summed E-state index contributed by atoms with van der Waals surface area (Å²) in [6, 6.07) is 0. The van der Waals surface area contributed by atoms with Crippen LogP contribution in [0.1, 0.15) is 26.7 Å². The van der Waals surface area contributed by atoms with Crippen LogP contribution in [0, 0.1) is 5.41 Å². The molecule has 1 rings (SSSR count). The molecule has 1 saturated heterocycles. The van der Waals surface area contributed by atoms with E-state index < -0.39 is 5.60 Å². The van der Waals surface area contributed by atoms with Crippen LogP contribution < -0.4 is 5.73 Å². The lowest BCUT2D eigenvalue weighted by Crippen LogP contribution is -2.49. The molecule has 0 aliphatic carbocycles. The molecule has 0 saturated carbocycles. The van der Waals surface area contributed by atoms with Crippen LogP contribution in [-0.2, 0) is 4.74 Å². The van der Waals surface area contributed by atoms with Gasteiger partial charge < -0.3 is 20.5 Å². The molecule has 0 amide bonds. The average Bonchev–Trinajstić information content (AvgIpc) is 2.16. The summed E-state index contributed by atoms with van der Waals surface area (Å²) in [7, 11) is 2.03. The zero-order chi connectivity index (χ0) is 12.2. The molecule has 4 nitrogen and oxygen atoms in total. The highest BCUT2D eigenvalue weighted by atomic mass is 16.5. The van der Waals surface area contributed by atoms with Crippen LogP contribution in [0.25, 0.3) is 0 Å². The molecule has 1 heterocycles. The third-order valence-corrected chi connectivity index (χ3v) is 3.10. The summed E-state index contributed by atoms with van der Waals surface area (Å²) in [5, 5.41) is 9.77. The van der Waals surface area contributed by atoms with E-state index in [9.17, 15) is 5.11 Å². The van der Waals surface area contributed by atoms with Gasteiger partial charge in [0.15, 0.2) is 0 Å². The van der Waals surface area contributed by atoms with Crippen LogP contribution in [0.3, 0.4) is 0 Å². The van der Waals surface area contributed by atoms with E-state index in [2.05, 4.69) is 4.90 Å². The second-order valence-electron chi connectivity index (χ2n) is 5.84. The van der Waals surface area contributed by atoms with Crippen molar-refractivity contribution in [2.45, 2.75) is 32.3 Å². The lowest BCUT2D eigenvalue weighted by atomic mass is 9.82. The molecule has 0 aromatic rings. The van der Waals surface area contributed by atoms with Crippen molar-refractivity contribution in [1.82, 2.24) is 4.90 Å². The largest absolute Gasteiger partial charge is 0.389 e. The molecule has 0 aromatic heterocycles. The molecule has 1 aliphatic rings. The van der Waals surface area contributed by atoms with Crippen molar-refractivity contribution in [2.24, 2.45) is 11.1 Å². The summed E-state index contributed by atoms with van der Waals surface area (Å²) < 4.78 is 5.54. The van der Waals surface area contributed by atoms with Gasteiger partial charge in [-0.05, 0) is 33.7 Å². The fourth-order valence-corrected chi connectivity index (χ4v) is 2.55. The van der Waals surface area contributed by atoms with Crippen LogP contribution in [0.5, 0.6) is 0 Å². The maximum atomic E-state index is 9.77. The van der Waals surface area contributed by atoms with E-state index in [4.69, 9.17) is 10.5 Å². The molecule has 1 unspecified atom stereocenters. The first-order valence-electron chi connectivity index (χ1n) is 6.06. The Balaban J connectivity index is 2.48. The van der Waals surface area contributed by atoms with Crippen LogP contribution in [0.4, 0.5) is 0 Å². The van der Waals surface area contributed by atoms with Crippen molar-refractivity contribution in [2.75, 3.05) is 39.9 Å². The molecule has 1 aliphatic heterocycles. The first-order valence-corrected chi connectivity index (χ1v) is 6.06. The van der Waals surface area contributed by atoms with Gasteiger partial charge in [0.25, 0.3) is 0 Å². The zero-order valence-corrected chi connectivity index (χ0v) is 10.8. The molecule has 96 valence electrons. The van der Waals surface area contributed by atoms with Crippen LogP contribution in [0.15, 0.2) is 0 Å². The molecule has 1 atom stereocenters. The van der Waals surface area contributed by atoms with Gasteiger partial charge in [0, 0.05) is 31.7 Å². The summed E-state index contributed by atoms with van der Waals surface area (Å²) in [6.45, 7) is 7.48. The van der Waals surface area contributed by atoms with Crippen LogP contribution in [-0.4, -0.2) is 55.5 Å². The van der Waals surface area contributed by atoms with Crippen molar-refractivity contribution in [1.29, 1.82) is 0 Å². The molecule has 3 N–H and O–H groups in total. The van der Waals surface area contributed by atoms with Crippen LogP contribution >= 0.6 is 0 Å². The minimum Gasteiger partial charge on any atom is -0.389 e. The number of nitrogens with two attached hydrogens (primary N) is 1. The molecular formula is C12H26N2O2. The number of likely N-dealkylation sites (N-methyl/N-ethyl adjacent to an activating group) is 1. The summed E-state index contributed by atoms with van der Waals surface area (Å²) in [5.41, 5.74) is 5.31. The van der Waals surface area contributed by atoms with Gasteiger partial charge in [0.05, 0.1) is 12.2 Å². The Hall–Kier alpha value is -0.160. The topological polar surface area (TPSA) is 58.7 Å². The van der Waals surface area contributed by atoms with Crippen molar-refractivity contribution in [3.8, 4) is 0 Å². The van der Waals surface area contributed by atoms with Crippen molar-refractivity contribution in [3.63, 3.8) is 0 Å². The molecular weight excluding hydrogens is 204 g/mol. The summed E-state index contributed by atoms with van der Waals surface area (Å²) >= 11 is 0. The highest BCUT2D eigenvalue weighted by Gasteiger charge is 2.33. The first kappa shape index (κ1) is 13.9. The third kappa shape index (κ3) is 4.37.